The van der Waals surface area contributed by atoms with Crippen LogP contribution in [-0.2, 0) is 9.53 Å². The third-order valence-corrected chi connectivity index (χ3v) is 2.92. The van der Waals surface area contributed by atoms with Gasteiger partial charge in [-0.15, -0.1) is 0 Å². The van der Waals surface area contributed by atoms with Crippen molar-refractivity contribution in [1.82, 2.24) is 4.90 Å². The van der Waals surface area contributed by atoms with Crippen LogP contribution in [0.25, 0.3) is 0 Å². The molecular weight excluding hydrogens is 270 g/mol. The Balaban J connectivity index is 4.32. The molecule has 96 valence electrons. The SMILES string of the molecule is CCC(CC)N(CCBr)C(=O)COC(C)C. The van der Waals surface area contributed by atoms with Crippen LogP contribution < -0.4 is 0 Å². The van der Waals surface area contributed by atoms with Gasteiger partial charge in [-0.1, -0.05) is 29.8 Å². The van der Waals surface area contributed by atoms with Crippen LogP contribution in [0.2, 0.25) is 0 Å². The van der Waals surface area contributed by atoms with Crippen LogP contribution in [0.15, 0.2) is 0 Å². The zero-order chi connectivity index (χ0) is 12.6. The molecule has 4 heteroatoms. The van der Waals surface area contributed by atoms with E-state index in [4.69, 9.17) is 4.74 Å². The van der Waals surface area contributed by atoms with Crippen molar-refractivity contribution >= 4 is 21.8 Å². The average molecular weight is 294 g/mol. The van der Waals surface area contributed by atoms with Gasteiger partial charge in [0.25, 0.3) is 0 Å². The highest BCUT2D eigenvalue weighted by atomic mass is 79.9. The second kappa shape index (κ2) is 8.99. The Morgan fingerprint density at radius 1 is 1.31 bits per heavy atom. The highest BCUT2D eigenvalue weighted by Gasteiger charge is 2.20. The van der Waals surface area contributed by atoms with Crippen molar-refractivity contribution in [2.45, 2.75) is 52.7 Å². The van der Waals surface area contributed by atoms with E-state index in [1.807, 2.05) is 18.7 Å². The van der Waals surface area contributed by atoms with E-state index in [0.29, 0.717) is 6.04 Å². The van der Waals surface area contributed by atoms with E-state index < -0.39 is 0 Å². The van der Waals surface area contributed by atoms with E-state index in [2.05, 4.69) is 29.8 Å². The molecule has 0 aromatic carbocycles. The average Bonchev–Trinajstić information content (AvgIpc) is 2.26. The molecule has 3 nitrogen and oxygen atoms in total. The predicted octanol–water partition coefficient (Wildman–Crippen LogP) is 2.82. The van der Waals surface area contributed by atoms with Crippen molar-refractivity contribution in [1.29, 1.82) is 0 Å². The molecule has 0 aliphatic heterocycles. The number of carbonyl (C=O) groups is 1. The van der Waals surface area contributed by atoms with Crippen molar-refractivity contribution in [3.05, 3.63) is 0 Å². The van der Waals surface area contributed by atoms with Gasteiger partial charge in [-0.2, -0.15) is 0 Å². The molecular formula is C12H24BrNO2. The molecule has 0 atom stereocenters. The summed E-state index contributed by atoms with van der Waals surface area (Å²) in [6, 6.07) is 0.334. The quantitative estimate of drug-likeness (QED) is 0.644. The number of halogens is 1. The highest BCUT2D eigenvalue weighted by Crippen LogP contribution is 2.10. The minimum absolute atomic E-state index is 0.0989. The molecule has 0 saturated heterocycles. The van der Waals surface area contributed by atoms with Crippen molar-refractivity contribution in [2.24, 2.45) is 0 Å². The molecule has 0 rings (SSSR count). The molecule has 0 radical (unpaired) electrons. The first-order valence-corrected chi connectivity index (χ1v) is 7.15. The van der Waals surface area contributed by atoms with Crippen LogP contribution in [0, 0.1) is 0 Å². The summed E-state index contributed by atoms with van der Waals surface area (Å²) >= 11 is 3.39. The molecule has 0 N–H and O–H groups in total. The number of ether oxygens (including phenoxy) is 1. The molecule has 0 bridgehead atoms. The topological polar surface area (TPSA) is 29.5 Å². The Kier molecular flexibility index (Phi) is 8.94. The fourth-order valence-electron chi connectivity index (χ4n) is 1.65. The molecule has 0 unspecified atom stereocenters. The summed E-state index contributed by atoms with van der Waals surface area (Å²) in [6.45, 7) is 9.07. The van der Waals surface area contributed by atoms with Gasteiger partial charge in [-0.3, -0.25) is 4.79 Å². The van der Waals surface area contributed by atoms with Gasteiger partial charge in [-0.05, 0) is 26.7 Å². The third kappa shape index (κ3) is 5.85. The van der Waals surface area contributed by atoms with Crippen molar-refractivity contribution in [2.75, 3.05) is 18.5 Å². The van der Waals surface area contributed by atoms with Crippen molar-refractivity contribution in [3.63, 3.8) is 0 Å². The Bertz CT molecular complexity index is 193. The van der Waals surface area contributed by atoms with Gasteiger partial charge in [0.2, 0.25) is 5.91 Å². The minimum atomic E-state index is 0.0989. The van der Waals surface area contributed by atoms with Crippen LogP contribution in [0.1, 0.15) is 40.5 Å². The van der Waals surface area contributed by atoms with Gasteiger partial charge in [0, 0.05) is 17.9 Å². The Morgan fingerprint density at radius 3 is 2.25 bits per heavy atom. The maximum Gasteiger partial charge on any atom is 0.248 e. The second-order valence-electron chi connectivity index (χ2n) is 4.11. The maximum atomic E-state index is 12.0. The first-order valence-electron chi connectivity index (χ1n) is 6.03. The Hall–Kier alpha value is -0.0900. The lowest BCUT2D eigenvalue weighted by Crippen LogP contribution is -2.43. The molecule has 0 aliphatic rings. The van der Waals surface area contributed by atoms with Crippen molar-refractivity contribution in [3.8, 4) is 0 Å². The standard InChI is InChI=1S/C12H24BrNO2/c1-5-11(6-2)14(8-7-13)12(15)9-16-10(3)4/h10-11H,5-9H2,1-4H3. The van der Waals surface area contributed by atoms with Crippen LogP contribution in [-0.4, -0.2) is 41.4 Å². The van der Waals surface area contributed by atoms with E-state index in [-0.39, 0.29) is 18.6 Å². The van der Waals surface area contributed by atoms with Crippen LogP contribution in [0.5, 0.6) is 0 Å². The Labute approximate surface area is 108 Å². The first-order chi connectivity index (χ1) is 7.56. The normalized spacial score (nSPS) is 11.2. The second-order valence-corrected chi connectivity index (χ2v) is 4.90. The van der Waals surface area contributed by atoms with Gasteiger partial charge >= 0.3 is 0 Å². The van der Waals surface area contributed by atoms with Crippen LogP contribution >= 0.6 is 15.9 Å². The molecule has 0 aromatic rings. The fraction of sp³-hybridized carbons (Fsp3) is 0.917. The molecule has 0 fully saturated rings. The number of hydrogen-bond acceptors (Lipinski definition) is 2. The van der Waals surface area contributed by atoms with Gasteiger partial charge in [0.05, 0.1) is 6.10 Å². The lowest BCUT2D eigenvalue weighted by atomic mass is 10.1. The predicted molar refractivity (Wildman–Crippen MR) is 71.0 cm³/mol. The summed E-state index contributed by atoms with van der Waals surface area (Å²) in [5.41, 5.74) is 0. The van der Waals surface area contributed by atoms with Crippen LogP contribution in [0.4, 0.5) is 0 Å². The molecule has 16 heavy (non-hydrogen) atoms. The Morgan fingerprint density at radius 2 is 1.88 bits per heavy atom. The van der Waals surface area contributed by atoms with Gasteiger partial charge in [0.1, 0.15) is 6.61 Å². The third-order valence-electron chi connectivity index (χ3n) is 2.57. The smallest absolute Gasteiger partial charge is 0.248 e. The summed E-state index contributed by atoms with van der Waals surface area (Å²) in [6.07, 6.45) is 2.10. The fourth-order valence-corrected chi connectivity index (χ4v) is 2.03. The van der Waals surface area contributed by atoms with E-state index in [1.165, 1.54) is 0 Å². The van der Waals surface area contributed by atoms with Crippen molar-refractivity contribution < 1.29 is 9.53 Å². The molecule has 0 aliphatic carbocycles. The van der Waals surface area contributed by atoms with Gasteiger partial charge < -0.3 is 9.64 Å². The molecule has 0 spiro atoms. The zero-order valence-corrected chi connectivity index (χ0v) is 12.4. The monoisotopic (exact) mass is 293 g/mol. The van der Waals surface area contributed by atoms with Crippen LogP contribution in [0.3, 0.4) is 0 Å². The molecule has 0 heterocycles. The number of nitrogens with zero attached hydrogens (tertiary/aromatic N) is 1. The zero-order valence-electron chi connectivity index (χ0n) is 10.8. The molecule has 0 aromatic heterocycles. The van der Waals surface area contributed by atoms with E-state index in [0.717, 1.165) is 24.7 Å². The van der Waals surface area contributed by atoms with Gasteiger partial charge in [0.15, 0.2) is 0 Å². The lowest BCUT2D eigenvalue weighted by Gasteiger charge is -2.30. The largest absolute Gasteiger partial charge is 0.369 e. The van der Waals surface area contributed by atoms with Gasteiger partial charge in [-0.25, -0.2) is 0 Å². The number of alkyl halides is 1. The lowest BCUT2D eigenvalue weighted by molar-refractivity contribution is -0.139. The minimum Gasteiger partial charge on any atom is -0.369 e. The highest BCUT2D eigenvalue weighted by molar-refractivity contribution is 9.09. The van der Waals surface area contributed by atoms with E-state index in [1.54, 1.807) is 0 Å². The number of carbonyl (C=O) groups excluding carboxylic acids is 1. The first kappa shape index (κ1) is 15.9. The number of amides is 1. The number of hydrogen-bond donors (Lipinski definition) is 0. The summed E-state index contributed by atoms with van der Waals surface area (Å²) in [5.74, 6) is 0.0989. The molecule has 1 amide bonds. The summed E-state index contributed by atoms with van der Waals surface area (Å²) < 4.78 is 5.36. The van der Waals surface area contributed by atoms with E-state index in [9.17, 15) is 4.79 Å². The number of rotatable bonds is 8. The summed E-state index contributed by atoms with van der Waals surface area (Å²) in [4.78, 5) is 13.9. The van der Waals surface area contributed by atoms with E-state index >= 15 is 0 Å². The summed E-state index contributed by atoms with van der Waals surface area (Å²) in [5, 5.41) is 0.816. The molecule has 0 saturated carbocycles. The maximum absolute atomic E-state index is 12.0. The summed E-state index contributed by atoms with van der Waals surface area (Å²) in [7, 11) is 0.